The van der Waals surface area contributed by atoms with Gasteiger partial charge in [-0.1, -0.05) is 35.5 Å². The van der Waals surface area contributed by atoms with Crippen LogP contribution < -0.4 is 15.4 Å². The van der Waals surface area contributed by atoms with Crippen molar-refractivity contribution >= 4 is 23.6 Å². The highest BCUT2D eigenvalue weighted by Gasteiger charge is 2.27. The molecule has 0 saturated carbocycles. The lowest BCUT2D eigenvalue weighted by Crippen LogP contribution is -2.48. The third-order valence-electron chi connectivity index (χ3n) is 5.26. The number of nitrogens with one attached hydrogen (secondary N) is 2. The Balaban J connectivity index is 1.60. The van der Waals surface area contributed by atoms with Gasteiger partial charge in [0, 0.05) is 23.3 Å². The van der Waals surface area contributed by atoms with Gasteiger partial charge in [0.05, 0.1) is 20.1 Å². The van der Waals surface area contributed by atoms with Crippen molar-refractivity contribution in [2.75, 3.05) is 20.3 Å². The number of rotatable bonds is 11. The van der Waals surface area contributed by atoms with Gasteiger partial charge >= 0.3 is 5.97 Å². The molecule has 0 radical (unpaired) electrons. The fourth-order valence-electron chi connectivity index (χ4n) is 3.20. The molecule has 1 atom stereocenters. The summed E-state index contributed by atoms with van der Waals surface area (Å²) in [5, 5.41) is 8.32. The smallest absolute Gasteiger partial charge is 0.308 e. The fraction of sp³-hybridized carbons (Fsp3) is 0.240. The van der Waals surface area contributed by atoms with Crippen molar-refractivity contribution in [1.29, 1.82) is 0 Å². The zero-order valence-corrected chi connectivity index (χ0v) is 20.2. The predicted molar refractivity (Wildman–Crippen MR) is 124 cm³/mol. The van der Waals surface area contributed by atoms with Crippen molar-refractivity contribution in [3.63, 3.8) is 0 Å². The summed E-state index contributed by atoms with van der Waals surface area (Å²) in [6.07, 6.45) is -0.625. The van der Waals surface area contributed by atoms with Crippen molar-refractivity contribution < 1.29 is 46.3 Å². The van der Waals surface area contributed by atoms with Crippen LogP contribution in [0, 0.1) is 24.4 Å². The van der Waals surface area contributed by atoms with Crippen LogP contribution in [-0.4, -0.2) is 55.0 Å². The quantitative estimate of drug-likeness (QED) is 0.283. The molecular formula is C25H22F3N3O7. The van der Waals surface area contributed by atoms with Gasteiger partial charge in [-0.3, -0.25) is 19.2 Å². The van der Waals surface area contributed by atoms with E-state index in [0.29, 0.717) is 17.3 Å². The predicted octanol–water partition coefficient (Wildman–Crippen LogP) is 2.49. The van der Waals surface area contributed by atoms with Gasteiger partial charge in [0.2, 0.25) is 17.5 Å². The monoisotopic (exact) mass is 533 g/mol. The maximum atomic E-state index is 14.0. The average molecular weight is 533 g/mol. The number of aromatic nitrogens is 1. The number of ketones is 1. The molecule has 0 fully saturated rings. The molecule has 13 heteroatoms. The van der Waals surface area contributed by atoms with E-state index >= 15 is 0 Å². The first-order chi connectivity index (χ1) is 18.1. The minimum atomic E-state index is -1.52. The number of halogens is 3. The molecule has 0 unspecified atom stereocenters. The number of nitrogens with zero attached hydrogens (tertiary/aromatic N) is 1. The normalized spacial score (nSPS) is 11.4. The number of carbonyl (C=O) groups is 4. The molecule has 1 heterocycles. The summed E-state index contributed by atoms with van der Waals surface area (Å²) in [5.41, 5.74) is 0.722. The number of methoxy groups -OCH3 is 1. The van der Waals surface area contributed by atoms with Crippen LogP contribution in [0.5, 0.6) is 5.75 Å². The SMILES string of the molecule is COC(=O)C[C@H](NC(=O)CNC(=O)c1cc(-c2ccccc2)no1)C(=O)COc1c(C)c(F)cc(F)c1F. The number of esters is 1. The van der Waals surface area contributed by atoms with Gasteiger partial charge in [-0.2, -0.15) is 4.39 Å². The van der Waals surface area contributed by atoms with E-state index in [-0.39, 0.29) is 11.3 Å². The molecule has 200 valence electrons. The molecule has 0 aliphatic carbocycles. The molecule has 0 aliphatic rings. The van der Waals surface area contributed by atoms with Crippen molar-refractivity contribution in [1.82, 2.24) is 15.8 Å². The van der Waals surface area contributed by atoms with E-state index in [1.807, 2.05) is 0 Å². The first-order valence-corrected chi connectivity index (χ1v) is 11.1. The highest BCUT2D eigenvalue weighted by Crippen LogP contribution is 2.27. The lowest BCUT2D eigenvalue weighted by Gasteiger charge is -2.18. The van der Waals surface area contributed by atoms with Crippen molar-refractivity contribution in [3.05, 3.63) is 71.2 Å². The van der Waals surface area contributed by atoms with Gasteiger partial charge < -0.3 is 24.6 Å². The van der Waals surface area contributed by atoms with E-state index in [2.05, 4.69) is 20.5 Å². The summed E-state index contributed by atoms with van der Waals surface area (Å²) in [7, 11) is 1.05. The number of amides is 2. The number of benzene rings is 2. The average Bonchev–Trinajstić information content (AvgIpc) is 3.41. The standard InChI is InChI=1S/C25H22F3N3O7/c1-13-15(26)8-16(27)23(28)24(13)37-12-19(32)18(10-22(34)36-2)30-21(33)11-29-25(35)20-9-17(31-38-20)14-6-4-3-5-7-14/h3-9,18H,10-12H2,1-2H3,(H,29,35)(H,30,33)/t18-/m0/s1. The molecule has 0 bridgehead atoms. The van der Waals surface area contributed by atoms with E-state index in [0.717, 1.165) is 14.0 Å². The lowest BCUT2D eigenvalue weighted by atomic mass is 10.1. The van der Waals surface area contributed by atoms with Crippen LogP contribution in [0.3, 0.4) is 0 Å². The summed E-state index contributed by atoms with van der Waals surface area (Å²) in [6, 6.07) is 9.07. The van der Waals surface area contributed by atoms with E-state index in [4.69, 9.17) is 9.26 Å². The second kappa shape index (κ2) is 12.5. The summed E-state index contributed by atoms with van der Waals surface area (Å²) in [6.45, 7) is -0.435. The van der Waals surface area contributed by atoms with Crippen LogP contribution in [-0.2, 0) is 19.1 Å². The Hall–Kier alpha value is -4.68. The van der Waals surface area contributed by atoms with Crippen LogP contribution in [0.25, 0.3) is 11.3 Å². The summed E-state index contributed by atoms with van der Waals surface area (Å²) in [5.74, 6) is -8.56. The van der Waals surface area contributed by atoms with Crippen molar-refractivity contribution in [2.24, 2.45) is 0 Å². The zero-order valence-electron chi connectivity index (χ0n) is 20.2. The van der Waals surface area contributed by atoms with Crippen LogP contribution in [0.1, 0.15) is 22.5 Å². The highest BCUT2D eigenvalue weighted by molar-refractivity contribution is 5.97. The molecule has 3 rings (SSSR count). The van der Waals surface area contributed by atoms with Gasteiger partial charge in [0.25, 0.3) is 5.91 Å². The number of carbonyl (C=O) groups excluding carboxylic acids is 4. The lowest BCUT2D eigenvalue weighted by molar-refractivity contribution is -0.143. The third-order valence-corrected chi connectivity index (χ3v) is 5.26. The maximum Gasteiger partial charge on any atom is 0.308 e. The highest BCUT2D eigenvalue weighted by atomic mass is 19.2. The minimum absolute atomic E-state index is 0.174. The summed E-state index contributed by atoms with van der Waals surface area (Å²) in [4.78, 5) is 49.1. The Labute approximate surface area is 214 Å². The minimum Gasteiger partial charge on any atom is -0.482 e. The third kappa shape index (κ3) is 6.96. The van der Waals surface area contributed by atoms with Gasteiger partial charge in [0.15, 0.2) is 17.3 Å². The van der Waals surface area contributed by atoms with Crippen LogP contribution in [0.4, 0.5) is 13.2 Å². The molecule has 0 saturated heterocycles. The fourth-order valence-corrected chi connectivity index (χ4v) is 3.20. The number of hydrogen-bond acceptors (Lipinski definition) is 8. The Bertz CT molecular complexity index is 1320. The topological polar surface area (TPSA) is 137 Å². The molecule has 3 aromatic rings. The van der Waals surface area contributed by atoms with Gasteiger partial charge in [-0.25, -0.2) is 8.78 Å². The van der Waals surface area contributed by atoms with Gasteiger partial charge in [-0.15, -0.1) is 0 Å². The van der Waals surface area contributed by atoms with Gasteiger partial charge in [0.1, 0.15) is 24.2 Å². The van der Waals surface area contributed by atoms with E-state index in [1.54, 1.807) is 30.3 Å². The molecule has 2 aromatic carbocycles. The van der Waals surface area contributed by atoms with E-state index in [9.17, 15) is 32.3 Å². The molecule has 2 amide bonds. The first-order valence-electron chi connectivity index (χ1n) is 11.1. The summed E-state index contributed by atoms with van der Waals surface area (Å²) >= 11 is 0. The largest absolute Gasteiger partial charge is 0.482 e. The van der Waals surface area contributed by atoms with E-state index < -0.39 is 72.4 Å². The Morgan fingerprint density at radius 2 is 1.76 bits per heavy atom. The molecule has 0 spiro atoms. The molecule has 0 aliphatic heterocycles. The van der Waals surface area contributed by atoms with Crippen LogP contribution >= 0.6 is 0 Å². The van der Waals surface area contributed by atoms with Gasteiger partial charge in [-0.05, 0) is 6.92 Å². The second-order valence-electron chi connectivity index (χ2n) is 7.89. The molecule has 1 aromatic heterocycles. The van der Waals surface area contributed by atoms with E-state index in [1.165, 1.54) is 6.07 Å². The second-order valence-corrected chi connectivity index (χ2v) is 7.89. The number of hydrogen-bond donors (Lipinski definition) is 2. The molecule has 38 heavy (non-hydrogen) atoms. The van der Waals surface area contributed by atoms with Crippen molar-refractivity contribution in [2.45, 2.75) is 19.4 Å². The van der Waals surface area contributed by atoms with Crippen LogP contribution in [0.15, 0.2) is 47.0 Å². The molecular weight excluding hydrogens is 511 g/mol. The molecule has 10 nitrogen and oxygen atoms in total. The summed E-state index contributed by atoms with van der Waals surface area (Å²) < 4.78 is 55.7. The number of ether oxygens (including phenoxy) is 2. The zero-order chi connectivity index (χ0) is 27.8. The Morgan fingerprint density at radius 1 is 1.05 bits per heavy atom. The number of Topliss-reactive ketones (excluding diaryl/α,β-unsaturated/α-hetero) is 1. The first kappa shape index (κ1) is 27.9. The molecule has 2 N–H and O–H groups in total. The maximum absolute atomic E-state index is 14.0. The van der Waals surface area contributed by atoms with Crippen LogP contribution in [0.2, 0.25) is 0 Å². The van der Waals surface area contributed by atoms with Crippen molar-refractivity contribution in [3.8, 4) is 17.0 Å². The Kier molecular flexibility index (Phi) is 9.19. The Morgan fingerprint density at radius 3 is 2.45 bits per heavy atom.